The first-order valence-corrected chi connectivity index (χ1v) is 7.05. The van der Waals surface area contributed by atoms with Gasteiger partial charge in [-0.3, -0.25) is 4.79 Å². The van der Waals surface area contributed by atoms with E-state index in [-0.39, 0.29) is 5.54 Å². The van der Waals surface area contributed by atoms with Crippen LogP contribution in [0, 0.1) is 11.8 Å². The van der Waals surface area contributed by atoms with Crippen LogP contribution >= 0.6 is 11.8 Å². The van der Waals surface area contributed by atoms with Gasteiger partial charge in [-0.2, -0.15) is 0 Å². The van der Waals surface area contributed by atoms with E-state index in [1.165, 1.54) is 24.6 Å². The van der Waals surface area contributed by atoms with Gasteiger partial charge in [0, 0.05) is 11.7 Å². The van der Waals surface area contributed by atoms with Crippen molar-refractivity contribution in [2.24, 2.45) is 11.8 Å². The van der Waals surface area contributed by atoms with Crippen LogP contribution in [0.3, 0.4) is 0 Å². The molecule has 1 aromatic rings. The second-order valence-corrected chi connectivity index (χ2v) is 5.79. The summed E-state index contributed by atoms with van der Waals surface area (Å²) in [5.41, 5.74) is 0.756. The van der Waals surface area contributed by atoms with Crippen molar-refractivity contribution in [1.82, 2.24) is 9.97 Å². The van der Waals surface area contributed by atoms with Crippen LogP contribution in [0.2, 0.25) is 0 Å². The number of nitrogens with zero attached hydrogens (tertiary/aromatic N) is 2. The molecule has 3 aliphatic rings. The van der Waals surface area contributed by atoms with Crippen molar-refractivity contribution in [3.63, 3.8) is 0 Å². The fourth-order valence-corrected chi connectivity index (χ4v) is 3.18. The number of hydrogen-bond acceptors (Lipinski definition) is 5. The van der Waals surface area contributed by atoms with E-state index in [2.05, 4.69) is 22.2 Å². The minimum absolute atomic E-state index is 0.201. The average Bonchev–Trinajstić information content (AvgIpc) is 2.33. The van der Waals surface area contributed by atoms with Gasteiger partial charge in [0.15, 0.2) is 11.4 Å². The molecule has 5 heteroatoms. The van der Waals surface area contributed by atoms with Gasteiger partial charge in [-0.1, -0.05) is 18.7 Å². The van der Waals surface area contributed by atoms with E-state index in [1.54, 1.807) is 6.20 Å². The number of carbonyl (C=O) groups excluding carboxylic acids is 1. The molecule has 1 atom stereocenters. The third kappa shape index (κ3) is 1.48. The van der Waals surface area contributed by atoms with Gasteiger partial charge >= 0.3 is 0 Å². The van der Waals surface area contributed by atoms with Gasteiger partial charge in [-0.15, -0.1) is 0 Å². The Morgan fingerprint density at radius 2 is 2.35 bits per heavy atom. The van der Waals surface area contributed by atoms with E-state index in [4.69, 9.17) is 0 Å². The largest absolute Gasteiger partial charge is 0.364 e. The van der Waals surface area contributed by atoms with E-state index in [1.807, 2.05) is 6.26 Å². The maximum absolute atomic E-state index is 11.0. The Kier molecular flexibility index (Phi) is 2.40. The van der Waals surface area contributed by atoms with Crippen LogP contribution in [0.15, 0.2) is 11.4 Å². The molecule has 1 heterocycles. The van der Waals surface area contributed by atoms with Gasteiger partial charge in [0.25, 0.3) is 0 Å². The molecule has 0 aliphatic heterocycles. The highest BCUT2D eigenvalue weighted by molar-refractivity contribution is 7.98. The van der Waals surface area contributed by atoms with Crippen molar-refractivity contribution in [1.29, 1.82) is 0 Å². The highest BCUT2D eigenvalue weighted by Gasteiger charge is 2.63. The Balaban J connectivity index is 1.88. The number of carbonyl (C=O) groups is 1. The third-order valence-electron chi connectivity index (χ3n) is 4.30. The van der Waals surface area contributed by atoms with Crippen LogP contribution in [-0.2, 0) is 0 Å². The normalized spacial score (nSPS) is 33.5. The molecule has 0 aromatic carbocycles. The second-order valence-electron chi connectivity index (χ2n) is 5.02. The smallest absolute Gasteiger partial charge is 0.189 e. The molecule has 17 heavy (non-hydrogen) atoms. The molecular weight excluding hydrogens is 234 g/mol. The highest BCUT2D eigenvalue weighted by Crippen LogP contribution is 2.63. The fourth-order valence-electron chi connectivity index (χ4n) is 2.84. The summed E-state index contributed by atoms with van der Waals surface area (Å²) < 4.78 is 0. The summed E-state index contributed by atoms with van der Waals surface area (Å²) >= 11 is 1.49. The predicted octanol–water partition coefficient (Wildman–Crippen LogP) is 2.22. The number of aromatic nitrogens is 2. The topological polar surface area (TPSA) is 54.9 Å². The molecule has 3 saturated carbocycles. The quantitative estimate of drug-likeness (QED) is 0.504. The number of thioether (sulfide) groups is 1. The lowest BCUT2D eigenvalue weighted by atomic mass is 9.43. The Bertz CT molecular complexity index is 471. The summed E-state index contributed by atoms with van der Waals surface area (Å²) in [5, 5.41) is 4.17. The molecule has 3 aliphatic carbocycles. The number of nitrogens with one attached hydrogen (secondary N) is 1. The van der Waals surface area contributed by atoms with Crippen molar-refractivity contribution in [2.75, 3.05) is 11.6 Å². The molecular formula is C12H15N3OS. The maximum Gasteiger partial charge on any atom is 0.189 e. The first kappa shape index (κ1) is 11.0. The maximum atomic E-state index is 11.0. The van der Waals surface area contributed by atoms with Crippen molar-refractivity contribution in [2.45, 2.75) is 30.5 Å². The standard InChI is InChI=1S/C12H15N3OS/c1-7-8-3-12(7,4-8)15-10-9(6-16)5-13-11(14-10)17-2/h5-8H,3-4H2,1-2H3,(H,13,14,15)/t7-,8?,12?/m1/s1. The van der Waals surface area contributed by atoms with Crippen LogP contribution < -0.4 is 5.32 Å². The van der Waals surface area contributed by atoms with Crippen LogP contribution in [0.5, 0.6) is 0 Å². The molecule has 0 unspecified atom stereocenters. The van der Waals surface area contributed by atoms with Crippen LogP contribution in [0.25, 0.3) is 0 Å². The van der Waals surface area contributed by atoms with Crippen LogP contribution in [0.4, 0.5) is 5.82 Å². The minimum atomic E-state index is 0.201. The van der Waals surface area contributed by atoms with Gasteiger partial charge in [-0.05, 0) is 30.9 Å². The van der Waals surface area contributed by atoms with E-state index in [0.29, 0.717) is 22.5 Å². The van der Waals surface area contributed by atoms with Crippen LogP contribution in [-0.4, -0.2) is 28.0 Å². The summed E-state index contributed by atoms with van der Waals surface area (Å²) in [6.45, 7) is 2.27. The first-order valence-electron chi connectivity index (χ1n) is 5.83. The summed E-state index contributed by atoms with van der Waals surface area (Å²) in [7, 11) is 0. The average molecular weight is 249 g/mol. The summed E-state index contributed by atoms with van der Waals surface area (Å²) in [4.78, 5) is 19.5. The van der Waals surface area contributed by atoms with Crippen LogP contribution in [0.1, 0.15) is 30.1 Å². The minimum Gasteiger partial charge on any atom is -0.364 e. The molecule has 4 nitrogen and oxygen atoms in total. The molecule has 4 rings (SSSR count). The SMILES string of the molecule is CSc1ncc(C=O)c(NC23CC(C2)[C@H]3C)n1. The fraction of sp³-hybridized carbons (Fsp3) is 0.583. The molecule has 0 saturated heterocycles. The molecule has 3 fully saturated rings. The molecule has 0 radical (unpaired) electrons. The molecule has 1 aromatic heterocycles. The van der Waals surface area contributed by atoms with Crippen molar-refractivity contribution >= 4 is 23.9 Å². The summed E-state index contributed by atoms with van der Waals surface area (Å²) in [5.74, 6) is 2.28. The van der Waals surface area contributed by atoms with E-state index in [9.17, 15) is 4.79 Å². The zero-order valence-corrected chi connectivity index (χ0v) is 10.8. The Morgan fingerprint density at radius 3 is 2.82 bits per heavy atom. The van der Waals surface area contributed by atoms with Gasteiger partial charge in [0.2, 0.25) is 0 Å². The lowest BCUT2D eigenvalue weighted by Gasteiger charge is -2.67. The van der Waals surface area contributed by atoms with Gasteiger partial charge in [0.1, 0.15) is 5.82 Å². The Morgan fingerprint density at radius 1 is 1.59 bits per heavy atom. The first-order chi connectivity index (χ1) is 8.18. The van der Waals surface area contributed by atoms with E-state index >= 15 is 0 Å². The molecule has 90 valence electrons. The highest BCUT2D eigenvalue weighted by atomic mass is 32.2. The van der Waals surface area contributed by atoms with E-state index < -0.39 is 0 Å². The Labute approximate surface area is 105 Å². The molecule has 0 amide bonds. The number of aldehydes is 1. The zero-order valence-electron chi connectivity index (χ0n) is 9.93. The van der Waals surface area contributed by atoms with Crippen molar-refractivity contribution in [3.8, 4) is 0 Å². The predicted molar refractivity (Wildman–Crippen MR) is 67.4 cm³/mol. The second kappa shape index (κ2) is 3.70. The molecule has 1 N–H and O–H groups in total. The molecule has 0 spiro atoms. The van der Waals surface area contributed by atoms with E-state index in [0.717, 1.165) is 12.2 Å². The lowest BCUT2D eigenvalue weighted by Crippen LogP contribution is -2.70. The lowest BCUT2D eigenvalue weighted by molar-refractivity contribution is -0.0812. The van der Waals surface area contributed by atoms with Crippen molar-refractivity contribution in [3.05, 3.63) is 11.8 Å². The monoisotopic (exact) mass is 249 g/mol. The number of anilines is 1. The third-order valence-corrected chi connectivity index (χ3v) is 4.87. The van der Waals surface area contributed by atoms with Gasteiger partial charge < -0.3 is 5.32 Å². The molecule has 2 bridgehead atoms. The summed E-state index contributed by atoms with van der Waals surface area (Å²) in [6.07, 6.45) is 6.78. The Hall–Kier alpha value is -1.10. The number of rotatable bonds is 4. The summed E-state index contributed by atoms with van der Waals surface area (Å²) in [6, 6.07) is 0. The zero-order chi connectivity index (χ0) is 12.0. The number of hydrogen-bond donors (Lipinski definition) is 1. The van der Waals surface area contributed by atoms with Gasteiger partial charge in [0.05, 0.1) is 5.56 Å². The van der Waals surface area contributed by atoms with Gasteiger partial charge in [-0.25, -0.2) is 9.97 Å². The van der Waals surface area contributed by atoms with Crippen molar-refractivity contribution < 1.29 is 4.79 Å².